The van der Waals surface area contributed by atoms with Crippen LogP contribution in [0, 0.1) is 5.92 Å². The number of aromatic nitrogens is 2. The maximum atomic E-state index is 5.67. The highest BCUT2D eigenvalue weighted by molar-refractivity contribution is 6.30. The van der Waals surface area contributed by atoms with Crippen molar-refractivity contribution in [1.29, 1.82) is 0 Å². The molecule has 2 heterocycles. The van der Waals surface area contributed by atoms with Gasteiger partial charge in [0.1, 0.15) is 0 Å². The van der Waals surface area contributed by atoms with E-state index in [1.807, 2.05) is 0 Å². The van der Waals surface area contributed by atoms with Crippen molar-refractivity contribution in [2.45, 2.75) is 12.8 Å². The maximum Gasteiger partial charge on any atom is 0.316 e. The van der Waals surface area contributed by atoms with Crippen LogP contribution in [0.1, 0.15) is 12.8 Å². The van der Waals surface area contributed by atoms with Gasteiger partial charge in [-0.25, -0.2) is 9.97 Å². The van der Waals surface area contributed by atoms with Crippen LogP contribution in [0.2, 0.25) is 5.02 Å². The lowest BCUT2D eigenvalue weighted by Gasteiger charge is -2.22. The van der Waals surface area contributed by atoms with E-state index in [0.717, 1.165) is 13.1 Å². The number of hydrogen-bond acceptors (Lipinski definition) is 4. The van der Waals surface area contributed by atoms with Gasteiger partial charge in [-0.2, -0.15) is 0 Å². The molecule has 0 spiro atoms. The topological polar surface area (TPSA) is 47.0 Å². The van der Waals surface area contributed by atoms with Crippen molar-refractivity contribution in [2.75, 3.05) is 19.7 Å². The quantitative estimate of drug-likeness (QED) is 0.851. The predicted molar refractivity (Wildman–Crippen MR) is 58.1 cm³/mol. The molecule has 1 aromatic rings. The molecule has 5 heteroatoms. The molecule has 1 saturated heterocycles. The zero-order valence-electron chi connectivity index (χ0n) is 8.45. The number of halogens is 1. The third kappa shape index (κ3) is 3.32. The molecule has 1 N–H and O–H groups in total. The van der Waals surface area contributed by atoms with Gasteiger partial charge in [-0.15, -0.1) is 0 Å². The zero-order chi connectivity index (χ0) is 10.5. The highest BCUT2D eigenvalue weighted by Gasteiger charge is 2.13. The Labute approximate surface area is 94.0 Å². The summed E-state index contributed by atoms with van der Waals surface area (Å²) in [6.45, 7) is 2.82. The molecule has 15 heavy (non-hydrogen) atoms. The van der Waals surface area contributed by atoms with Gasteiger partial charge in [0.05, 0.1) is 24.0 Å². The van der Waals surface area contributed by atoms with Crippen LogP contribution in [-0.2, 0) is 0 Å². The fourth-order valence-corrected chi connectivity index (χ4v) is 1.73. The zero-order valence-corrected chi connectivity index (χ0v) is 9.20. The van der Waals surface area contributed by atoms with E-state index in [1.165, 1.54) is 12.8 Å². The maximum absolute atomic E-state index is 5.67. The van der Waals surface area contributed by atoms with Gasteiger partial charge >= 0.3 is 6.01 Å². The monoisotopic (exact) mass is 227 g/mol. The van der Waals surface area contributed by atoms with Crippen molar-refractivity contribution < 1.29 is 4.74 Å². The summed E-state index contributed by atoms with van der Waals surface area (Å²) in [5, 5.41) is 3.87. The first kappa shape index (κ1) is 10.6. The average Bonchev–Trinajstić information content (AvgIpc) is 2.30. The Balaban J connectivity index is 1.79. The summed E-state index contributed by atoms with van der Waals surface area (Å²) >= 11 is 5.67. The summed E-state index contributed by atoms with van der Waals surface area (Å²) in [7, 11) is 0. The summed E-state index contributed by atoms with van der Waals surface area (Å²) in [6, 6.07) is 0.407. The van der Waals surface area contributed by atoms with Crippen LogP contribution in [0.15, 0.2) is 12.4 Å². The number of piperidine rings is 1. The van der Waals surface area contributed by atoms with Crippen molar-refractivity contribution in [3.8, 4) is 6.01 Å². The van der Waals surface area contributed by atoms with Crippen LogP contribution in [0.25, 0.3) is 0 Å². The fraction of sp³-hybridized carbons (Fsp3) is 0.600. The summed E-state index contributed by atoms with van der Waals surface area (Å²) in [4.78, 5) is 7.95. The fourth-order valence-electron chi connectivity index (χ4n) is 1.63. The molecular formula is C10H14ClN3O. The second-order valence-corrected chi connectivity index (χ2v) is 4.14. The van der Waals surface area contributed by atoms with Crippen LogP contribution < -0.4 is 10.1 Å². The molecule has 0 aliphatic carbocycles. The van der Waals surface area contributed by atoms with Crippen molar-refractivity contribution in [1.82, 2.24) is 15.3 Å². The molecule has 0 radical (unpaired) electrons. The molecule has 1 aliphatic heterocycles. The Hall–Kier alpha value is -0.870. The number of ether oxygens (including phenoxy) is 1. The summed E-state index contributed by atoms with van der Waals surface area (Å²) in [5.74, 6) is 0.568. The van der Waals surface area contributed by atoms with Crippen LogP contribution >= 0.6 is 11.6 Å². The van der Waals surface area contributed by atoms with E-state index in [0.29, 0.717) is 23.6 Å². The highest BCUT2D eigenvalue weighted by Crippen LogP contribution is 2.12. The van der Waals surface area contributed by atoms with Crippen molar-refractivity contribution >= 4 is 11.6 Å². The smallest absolute Gasteiger partial charge is 0.316 e. The lowest BCUT2D eigenvalue weighted by molar-refractivity contribution is 0.205. The van der Waals surface area contributed by atoms with Crippen LogP contribution in [0.3, 0.4) is 0 Å². The van der Waals surface area contributed by atoms with Gasteiger partial charge in [0.25, 0.3) is 0 Å². The molecule has 1 fully saturated rings. The average molecular weight is 228 g/mol. The van der Waals surface area contributed by atoms with Crippen molar-refractivity contribution in [3.05, 3.63) is 17.4 Å². The standard InChI is InChI=1S/C10H14ClN3O/c11-9-5-13-10(14-6-9)15-7-8-2-1-3-12-4-8/h5-6,8,12H,1-4,7H2/t8-/m1/s1. The Morgan fingerprint density at radius 3 is 2.93 bits per heavy atom. The molecule has 4 nitrogen and oxygen atoms in total. The van der Waals surface area contributed by atoms with Gasteiger partial charge < -0.3 is 10.1 Å². The molecule has 0 unspecified atom stereocenters. The molecule has 1 aromatic heterocycles. The van der Waals surface area contributed by atoms with Gasteiger partial charge in [-0.05, 0) is 19.4 Å². The third-order valence-electron chi connectivity index (χ3n) is 2.44. The van der Waals surface area contributed by atoms with Crippen LogP contribution in [-0.4, -0.2) is 29.7 Å². The molecule has 2 rings (SSSR count). The lowest BCUT2D eigenvalue weighted by atomic mass is 10.0. The SMILES string of the molecule is Clc1cnc(OC[C@@H]2CCCNC2)nc1. The van der Waals surface area contributed by atoms with Crippen LogP contribution in [0.5, 0.6) is 6.01 Å². The minimum absolute atomic E-state index is 0.407. The normalized spacial score (nSPS) is 21.3. The van der Waals surface area contributed by atoms with Gasteiger partial charge in [0, 0.05) is 12.5 Å². The largest absolute Gasteiger partial charge is 0.463 e. The van der Waals surface area contributed by atoms with E-state index < -0.39 is 0 Å². The van der Waals surface area contributed by atoms with E-state index in [1.54, 1.807) is 12.4 Å². The Morgan fingerprint density at radius 2 is 2.27 bits per heavy atom. The molecular weight excluding hydrogens is 214 g/mol. The van der Waals surface area contributed by atoms with E-state index >= 15 is 0 Å². The molecule has 1 atom stereocenters. The molecule has 0 amide bonds. The minimum Gasteiger partial charge on any atom is -0.463 e. The summed E-state index contributed by atoms with van der Waals surface area (Å²) < 4.78 is 5.48. The Morgan fingerprint density at radius 1 is 1.47 bits per heavy atom. The van der Waals surface area contributed by atoms with Crippen molar-refractivity contribution in [3.63, 3.8) is 0 Å². The highest BCUT2D eigenvalue weighted by atomic mass is 35.5. The van der Waals surface area contributed by atoms with E-state index in [4.69, 9.17) is 16.3 Å². The van der Waals surface area contributed by atoms with E-state index in [2.05, 4.69) is 15.3 Å². The third-order valence-corrected chi connectivity index (χ3v) is 2.64. The van der Waals surface area contributed by atoms with Gasteiger partial charge in [-0.3, -0.25) is 0 Å². The molecule has 0 saturated carbocycles. The summed E-state index contributed by atoms with van der Waals surface area (Å²) in [5.41, 5.74) is 0. The van der Waals surface area contributed by atoms with E-state index in [9.17, 15) is 0 Å². The molecule has 0 bridgehead atoms. The Bertz CT molecular complexity index is 298. The van der Waals surface area contributed by atoms with Gasteiger partial charge in [0.15, 0.2) is 0 Å². The first-order valence-corrected chi connectivity index (χ1v) is 5.53. The van der Waals surface area contributed by atoms with Gasteiger partial charge in [-0.1, -0.05) is 11.6 Å². The second kappa shape index (κ2) is 5.28. The second-order valence-electron chi connectivity index (χ2n) is 3.71. The Kier molecular flexibility index (Phi) is 3.75. The molecule has 1 aliphatic rings. The molecule has 82 valence electrons. The van der Waals surface area contributed by atoms with Crippen molar-refractivity contribution in [2.24, 2.45) is 5.92 Å². The number of rotatable bonds is 3. The van der Waals surface area contributed by atoms with Crippen LogP contribution in [0.4, 0.5) is 0 Å². The van der Waals surface area contributed by atoms with Gasteiger partial charge in [0.2, 0.25) is 0 Å². The minimum atomic E-state index is 0.407. The number of hydrogen-bond donors (Lipinski definition) is 1. The first-order chi connectivity index (χ1) is 7.34. The first-order valence-electron chi connectivity index (χ1n) is 5.15. The lowest BCUT2D eigenvalue weighted by Crippen LogP contribution is -2.33. The van der Waals surface area contributed by atoms with E-state index in [-0.39, 0.29) is 0 Å². The number of nitrogens with zero attached hydrogens (tertiary/aromatic N) is 2. The summed E-state index contributed by atoms with van der Waals surface area (Å²) in [6.07, 6.45) is 5.52. The number of nitrogens with one attached hydrogen (secondary N) is 1. The molecule has 0 aromatic carbocycles. The predicted octanol–water partition coefficient (Wildman–Crippen LogP) is 1.51.